The third-order valence-corrected chi connectivity index (χ3v) is 4.56. The number of nitrogens with one attached hydrogen (secondary N) is 1. The summed E-state index contributed by atoms with van der Waals surface area (Å²) >= 11 is 3.53. The van der Waals surface area contributed by atoms with Crippen LogP contribution >= 0.6 is 15.9 Å². The second-order valence-corrected chi connectivity index (χ2v) is 6.09. The highest BCUT2D eigenvalue weighted by molar-refractivity contribution is 9.10. The molecule has 0 spiro atoms. The Morgan fingerprint density at radius 3 is 3.17 bits per heavy atom. The third kappa shape index (κ3) is 2.04. The van der Waals surface area contributed by atoms with Crippen molar-refractivity contribution in [2.24, 2.45) is 11.7 Å². The van der Waals surface area contributed by atoms with E-state index in [4.69, 9.17) is 10.5 Å². The molecule has 98 valence electrons. The maximum Gasteiger partial charge on any atom is 0.140 e. The number of hydrogen-bond donors (Lipinski definition) is 2. The van der Waals surface area contributed by atoms with E-state index in [9.17, 15) is 0 Å². The van der Waals surface area contributed by atoms with Gasteiger partial charge in [-0.1, -0.05) is 0 Å². The van der Waals surface area contributed by atoms with E-state index in [1.807, 2.05) is 13.1 Å². The normalized spacial score (nSPS) is 34.6. The lowest BCUT2D eigenvalue weighted by atomic mass is 9.68. The Labute approximate surface area is 115 Å². The quantitative estimate of drug-likeness (QED) is 0.878. The first-order valence-corrected chi connectivity index (χ1v) is 7.22. The SMILES string of the molecule is Cc1cnc(NC2C(N)C3CCCOC32)c(Br)c1. The van der Waals surface area contributed by atoms with Gasteiger partial charge in [-0.05, 0) is 47.3 Å². The molecule has 0 radical (unpaired) electrons. The maximum atomic E-state index is 6.22. The molecule has 4 atom stereocenters. The number of nitrogens with zero attached hydrogens (tertiary/aromatic N) is 1. The van der Waals surface area contributed by atoms with Gasteiger partial charge in [0.15, 0.2) is 0 Å². The van der Waals surface area contributed by atoms with Gasteiger partial charge in [0.1, 0.15) is 5.82 Å². The Balaban J connectivity index is 1.73. The van der Waals surface area contributed by atoms with Crippen molar-refractivity contribution in [1.82, 2.24) is 4.98 Å². The van der Waals surface area contributed by atoms with Crippen LogP contribution in [0.25, 0.3) is 0 Å². The maximum absolute atomic E-state index is 6.22. The number of aromatic nitrogens is 1. The number of rotatable bonds is 2. The molecule has 4 nitrogen and oxygen atoms in total. The molecule has 2 aliphatic rings. The number of anilines is 1. The van der Waals surface area contributed by atoms with E-state index >= 15 is 0 Å². The van der Waals surface area contributed by atoms with E-state index in [1.165, 1.54) is 6.42 Å². The number of nitrogens with two attached hydrogens (primary N) is 1. The lowest BCUT2D eigenvalue weighted by Crippen LogP contribution is -2.69. The lowest BCUT2D eigenvalue weighted by molar-refractivity contribution is -0.104. The number of fused-ring (bicyclic) bond motifs is 1. The van der Waals surface area contributed by atoms with E-state index in [0.29, 0.717) is 5.92 Å². The molecule has 2 fully saturated rings. The summed E-state index contributed by atoms with van der Waals surface area (Å²) in [6, 6.07) is 2.41. The van der Waals surface area contributed by atoms with Crippen molar-refractivity contribution in [2.45, 2.75) is 38.0 Å². The minimum atomic E-state index is 0.172. The van der Waals surface area contributed by atoms with Crippen LogP contribution in [-0.4, -0.2) is 29.8 Å². The summed E-state index contributed by atoms with van der Waals surface area (Å²) in [6.07, 6.45) is 4.43. The molecule has 2 heterocycles. The van der Waals surface area contributed by atoms with Crippen LogP contribution in [0.1, 0.15) is 18.4 Å². The van der Waals surface area contributed by atoms with Gasteiger partial charge < -0.3 is 15.8 Å². The highest BCUT2D eigenvalue weighted by Crippen LogP contribution is 2.39. The van der Waals surface area contributed by atoms with Crippen molar-refractivity contribution in [3.05, 3.63) is 22.3 Å². The average molecular weight is 312 g/mol. The molecule has 0 amide bonds. The number of ether oxygens (including phenoxy) is 1. The minimum absolute atomic E-state index is 0.172. The summed E-state index contributed by atoms with van der Waals surface area (Å²) in [4.78, 5) is 4.40. The molecule has 1 saturated heterocycles. The van der Waals surface area contributed by atoms with Crippen molar-refractivity contribution in [3.8, 4) is 0 Å². The zero-order valence-electron chi connectivity index (χ0n) is 10.4. The second-order valence-electron chi connectivity index (χ2n) is 5.23. The number of pyridine rings is 1. The molecule has 1 aromatic rings. The standard InChI is InChI=1S/C13H18BrN3O/c1-7-5-9(14)13(16-6-7)17-11-10(15)8-3-2-4-18-12(8)11/h5-6,8,10-12H,2-4,15H2,1H3,(H,16,17). The van der Waals surface area contributed by atoms with Crippen molar-refractivity contribution in [2.75, 3.05) is 11.9 Å². The molecule has 3 rings (SSSR count). The highest BCUT2D eigenvalue weighted by Gasteiger charge is 2.50. The minimum Gasteiger partial charge on any atom is -0.376 e. The average Bonchev–Trinajstić information content (AvgIpc) is 2.37. The molecule has 5 heteroatoms. The van der Waals surface area contributed by atoms with Gasteiger partial charge in [0.2, 0.25) is 0 Å². The Morgan fingerprint density at radius 1 is 1.56 bits per heavy atom. The molecule has 1 aliphatic heterocycles. The summed E-state index contributed by atoms with van der Waals surface area (Å²) in [5.74, 6) is 1.37. The van der Waals surface area contributed by atoms with Crippen molar-refractivity contribution in [1.29, 1.82) is 0 Å². The van der Waals surface area contributed by atoms with Gasteiger partial charge in [0, 0.05) is 24.8 Å². The topological polar surface area (TPSA) is 60.2 Å². The Bertz CT molecular complexity index is 454. The van der Waals surface area contributed by atoms with Crippen LogP contribution in [0.2, 0.25) is 0 Å². The molecule has 1 aromatic heterocycles. The first-order chi connectivity index (χ1) is 8.66. The largest absolute Gasteiger partial charge is 0.376 e. The van der Waals surface area contributed by atoms with Gasteiger partial charge in [0.05, 0.1) is 16.6 Å². The van der Waals surface area contributed by atoms with Crippen LogP contribution < -0.4 is 11.1 Å². The smallest absolute Gasteiger partial charge is 0.140 e. The van der Waals surface area contributed by atoms with Crippen LogP contribution in [-0.2, 0) is 4.74 Å². The van der Waals surface area contributed by atoms with E-state index in [0.717, 1.165) is 28.9 Å². The molecule has 3 N–H and O–H groups in total. The van der Waals surface area contributed by atoms with Crippen LogP contribution in [0.15, 0.2) is 16.7 Å². The Kier molecular flexibility index (Phi) is 3.30. The van der Waals surface area contributed by atoms with Gasteiger partial charge >= 0.3 is 0 Å². The summed E-state index contributed by atoms with van der Waals surface area (Å²) < 4.78 is 6.79. The second kappa shape index (κ2) is 4.79. The van der Waals surface area contributed by atoms with E-state index in [1.54, 1.807) is 0 Å². The number of halogens is 1. The van der Waals surface area contributed by atoms with Crippen molar-refractivity contribution in [3.63, 3.8) is 0 Å². The van der Waals surface area contributed by atoms with Crippen molar-refractivity contribution >= 4 is 21.7 Å². The fourth-order valence-corrected chi connectivity index (χ4v) is 3.50. The van der Waals surface area contributed by atoms with Crippen molar-refractivity contribution < 1.29 is 4.74 Å². The number of aryl methyl sites for hydroxylation is 1. The van der Waals surface area contributed by atoms with Crippen LogP contribution in [0, 0.1) is 12.8 Å². The Morgan fingerprint density at radius 2 is 2.39 bits per heavy atom. The summed E-state index contributed by atoms with van der Waals surface area (Å²) in [5, 5.41) is 3.41. The molecule has 18 heavy (non-hydrogen) atoms. The zero-order valence-corrected chi connectivity index (χ0v) is 12.0. The lowest BCUT2D eigenvalue weighted by Gasteiger charge is -2.52. The molecule has 1 aliphatic carbocycles. The van der Waals surface area contributed by atoms with E-state index < -0.39 is 0 Å². The summed E-state index contributed by atoms with van der Waals surface area (Å²) in [6.45, 7) is 2.88. The predicted molar refractivity (Wildman–Crippen MR) is 74.5 cm³/mol. The van der Waals surface area contributed by atoms with Gasteiger partial charge in [-0.3, -0.25) is 0 Å². The first kappa shape index (κ1) is 12.4. The third-order valence-electron chi connectivity index (χ3n) is 3.96. The van der Waals surface area contributed by atoms with Gasteiger partial charge in [0.25, 0.3) is 0 Å². The predicted octanol–water partition coefficient (Wildman–Crippen LogP) is 2.07. The Hall–Kier alpha value is -0.650. The van der Waals surface area contributed by atoms with Crippen LogP contribution in [0.4, 0.5) is 5.82 Å². The zero-order chi connectivity index (χ0) is 12.7. The molecule has 4 unspecified atom stereocenters. The summed E-state index contributed by atoms with van der Waals surface area (Å²) in [5.41, 5.74) is 7.36. The van der Waals surface area contributed by atoms with Gasteiger partial charge in [-0.2, -0.15) is 0 Å². The molecule has 0 bridgehead atoms. The molecule has 0 aromatic carbocycles. The molecular weight excluding hydrogens is 294 g/mol. The van der Waals surface area contributed by atoms with Gasteiger partial charge in [-0.25, -0.2) is 4.98 Å². The van der Waals surface area contributed by atoms with Crippen LogP contribution in [0.5, 0.6) is 0 Å². The fraction of sp³-hybridized carbons (Fsp3) is 0.615. The molecule has 1 saturated carbocycles. The van der Waals surface area contributed by atoms with Crippen LogP contribution in [0.3, 0.4) is 0 Å². The van der Waals surface area contributed by atoms with Gasteiger partial charge in [-0.15, -0.1) is 0 Å². The first-order valence-electron chi connectivity index (χ1n) is 6.42. The summed E-state index contributed by atoms with van der Waals surface area (Å²) in [7, 11) is 0. The highest BCUT2D eigenvalue weighted by atomic mass is 79.9. The monoisotopic (exact) mass is 311 g/mol. The van der Waals surface area contributed by atoms with E-state index in [-0.39, 0.29) is 18.2 Å². The fourth-order valence-electron chi connectivity index (χ4n) is 2.92. The van der Waals surface area contributed by atoms with E-state index in [2.05, 4.69) is 32.3 Å². The molecular formula is C13H18BrN3O. The number of hydrogen-bond acceptors (Lipinski definition) is 4.